The lowest BCUT2D eigenvalue weighted by atomic mass is 10.3. The number of imidazole rings is 1. The van der Waals surface area contributed by atoms with Gasteiger partial charge in [-0.3, -0.25) is 9.58 Å². The maximum Gasteiger partial charge on any atom is 0.324 e. The summed E-state index contributed by atoms with van der Waals surface area (Å²) in [5.41, 5.74) is 0.742. The zero-order chi connectivity index (χ0) is 20.1. The molecule has 2 amide bonds. The largest absolute Gasteiger partial charge is 0.334 e. The third-order valence-corrected chi connectivity index (χ3v) is 7.15. The summed E-state index contributed by atoms with van der Waals surface area (Å²) < 4.78 is 30.8. The molecule has 2 aliphatic rings. The van der Waals surface area contributed by atoms with Crippen molar-refractivity contribution in [2.75, 3.05) is 38.1 Å². The summed E-state index contributed by atoms with van der Waals surface area (Å²) in [6, 6.07) is 0.0414. The molecule has 28 heavy (non-hydrogen) atoms. The number of amides is 2. The predicted octanol–water partition coefficient (Wildman–Crippen LogP) is 1.17. The van der Waals surface area contributed by atoms with E-state index in [0.29, 0.717) is 32.6 Å². The molecule has 4 rings (SSSR count). The molecule has 10 nitrogen and oxygen atoms in total. The summed E-state index contributed by atoms with van der Waals surface area (Å²) in [5, 5.41) is 4.46. The van der Waals surface area contributed by atoms with Crippen LogP contribution >= 0.6 is 0 Å². The molecule has 11 heteroatoms. The average Bonchev–Trinajstić information content (AvgIpc) is 3.42. The number of anilines is 1. The zero-order valence-corrected chi connectivity index (χ0v) is 17.1. The van der Waals surface area contributed by atoms with Gasteiger partial charge >= 0.3 is 6.03 Å². The van der Waals surface area contributed by atoms with Crippen molar-refractivity contribution in [1.29, 1.82) is 0 Å². The molecule has 0 radical (unpaired) electrons. The average molecular weight is 408 g/mol. The highest BCUT2D eigenvalue weighted by atomic mass is 32.2. The van der Waals surface area contributed by atoms with E-state index in [1.807, 2.05) is 20.0 Å². The molecule has 2 aliphatic heterocycles. The lowest BCUT2D eigenvalue weighted by Gasteiger charge is -2.16. The van der Waals surface area contributed by atoms with Crippen molar-refractivity contribution in [3.63, 3.8) is 0 Å². The Morgan fingerprint density at radius 1 is 1.18 bits per heavy atom. The summed E-state index contributed by atoms with van der Waals surface area (Å²) in [6.07, 6.45) is 7.28. The number of aromatic nitrogens is 4. The minimum Gasteiger partial charge on any atom is -0.334 e. The Hall–Kier alpha value is -2.40. The van der Waals surface area contributed by atoms with Crippen LogP contribution in [-0.4, -0.2) is 76.2 Å². The van der Waals surface area contributed by atoms with Gasteiger partial charge in [0.05, 0.1) is 24.3 Å². The zero-order valence-electron chi connectivity index (χ0n) is 16.3. The first-order valence-electron chi connectivity index (χ1n) is 9.38. The van der Waals surface area contributed by atoms with Crippen LogP contribution in [0.1, 0.15) is 32.4 Å². The summed E-state index contributed by atoms with van der Waals surface area (Å²) in [7, 11) is -1.86. The van der Waals surface area contributed by atoms with Crippen LogP contribution in [0.15, 0.2) is 29.9 Å². The van der Waals surface area contributed by atoms with E-state index < -0.39 is 10.0 Å². The summed E-state index contributed by atoms with van der Waals surface area (Å²) >= 11 is 0. The van der Waals surface area contributed by atoms with Gasteiger partial charge in [0.2, 0.25) is 0 Å². The number of rotatable bonds is 5. The predicted molar refractivity (Wildman–Crippen MR) is 103 cm³/mol. The minimum atomic E-state index is -3.63. The first kappa shape index (κ1) is 18.9. The van der Waals surface area contributed by atoms with Gasteiger partial charge in [0.15, 0.2) is 5.03 Å². The Kier molecular flexibility index (Phi) is 4.66. The van der Waals surface area contributed by atoms with Crippen LogP contribution in [0.5, 0.6) is 0 Å². The van der Waals surface area contributed by atoms with Gasteiger partial charge in [-0.25, -0.2) is 18.2 Å². The van der Waals surface area contributed by atoms with Gasteiger partial charge in [0, 0.05) is 51.7 Å². The van der Waals surface area contributed by atoms with Crippen LogP contribution in [-0.2, 0) is 10.0 Å². The molecule has 0 bridgehead atoms. The Labute approximate surface area is 164 Å². The maximum atomic E-state index is 12.9. The first-order chi connectivity index (χ1) is 13.3. The van der Waals surface area contributed by atoms with Gasteiger partial charge in [-0.05, 0) is 20.3 Å². The SMILES string of the molecule is CC(C)n1cnc(S(=O)(=O)N2CCC(n3cc(N4CCN(C)C4=O)cn3)C2)c1. The molecule has 2 aromatic rings. The number of carbonyl (C=O) groups is 1. The van der Waals surface area contributed by atoms with Crippen LogP contribution in [0.2, 0.25) is 0 Å². The van der Waals surface area contributed by atoms with Crippen molar-refractivity contribution in [2.45, 2.75) is 37.4 Å². The molecule has 0 saturated carbocycles. The van der Waals surface area contributed by atoms with Crippen molar-refractivity contribution in [1.82, 2.24) is 28.5 Å². The van der Waals surface area contributed by atoms with E-state index in [0.717, 1.165) is 5.69 Å². The molecule has 1 unspecified atom stereocenters. The third kappa shape index (κ3) is 3.18. The monoisotopic (exact) mass is 407 g/mol. The third-order valence-electron chi connectivity index (χ3n) is 5.39. The molecular weight excluding hydrogens is 382 g/mol. The lowest BCUT2D eigenvalue weighted by Crippen LogP contribution is -2.30. The molecular formula is C17H25N7O3S. The number of carbonyl (C=O) groups excluding carboxylic acids is 1. The molecule has 0 aromatic carbocycles. The fraction of sp³-hybridized carbons (Fsp3) is 0.588. The Balaban J connectivity index is 1.47. The van der Waals surface area contributed by atoms with E-state index in [2.05, 4.69) is 10.1 Å². The Morgan fingerprint density at radius 3 is 2.61 bits per heavy atom. The van der Waals surface area contributed by atoms with Crippen molar-refractivity contribution in [3.8, 4) is 0 Å². The van der Waals surface area contributed by atoms with Crippen LogP contribution < -0.4 is 4.90 Å². The topological polar surface area (TPSA) is 96.6 Å². The molecule has 152 valence electrons. The second-order valence-corrected chi connectivity index (χ2v) is 9.48. The number of hydrogen-bond donors (Lipinski definition) is 0. The normalized spacial score (nSPS) is 21.4. The van der Waals surface area contributed by atoms with Gasteiger partial charge in [0.1, 0.15) is 0 Å². The quantitative estimate of drug-likeness (QED) is 0.741. The number of nitrogens with zero attached hydrogens (tertiary/aromatic N) is 7. The van der Waals surface area contributed by atoms with E-state index in [1.165, 1.54) is 4.31 Å². The molecule has 2 saturated heterocycles. The van der Waals surface area contributed by atoms with Gasteiger partial charge < -0.3 is 9.47 Å². The number of urea groups is 1. The van der Waals surface area contributed by atoms with Crippen molar-refractivity contribution in [2.24, 2.45) is 0 Å². The van der Waals surface area contributed by atoms with Gasteiger partial charge in [-0.1, -0.05) is 0 Å². The van der Waals surface area contributed by atoms with E-state index in [1.54, 1.807) is 44.8 Å². The number of hydrogen-bond acceptors (Lipinski definition) is 5. The second-order valence-electron chi connectivity index (χ2n) is 7.59. The summed E-state index contributed by atoms with van der Waals surface area (Å²) in [5.74, 6) is 0. The van der Waals surface area contributed by atoms with Gasteiger partial charge in [-0.2, -0.15) is 9.40 Å². The van der Waals surface area contributed by atoms with Crippen molar-refractivity contribution in [3.05, 3.63) is 24.9 Å². The summed E-state index contributed by atoms with van der Waals surface area (Å²) in [4.78, 5) is 19.6. The standard InChI is InChI=1S/C17H25N7O3S/c1-13(2)21-11-16(18-12-21)28(26,27)22-5-4-14(9-22)24-10-15(8-19-24)23-7-6-20(3)17(23)25/h8,10-14H,4-7,9H2,1-3H3. The maximum absolute atomic E-state index is 12.9. The Morgan fingerprint density at radius 2 is 1.96 bits per heavy atom. The molecule has 2 aromatic heterocycles. The van der Waals surface area contributed by atoms with E-state index >= 15 is 0 Å². The highest BCUT2D eigenvalue weighted by Gasteiger charge is 2.36. The lowest BCUT2D eigenvalue weighted by molar-refractivity contribution is 0.229. The summed E-state index contributed by atoms with van der Waals surface area (Å²) in [6.45, 7) is 6.02. The van der Waals surface area contributed by atoms with Crippen LogP contribution in [0.4, 0.5) is 10.5 Å². The molecule has 2 fully saturated rings. The molecule has 0 spiro atoms. The molecule has 0 N–H and O–H groups in total. The minimum absolute atomic E-state index is 0.0454. The number of sulfonamides is 1. The van der Waals surface area contributed by atoms with E-state index in [9.17, 15) is 13.2 Å². The highest BCUT2D eigenvalue weighted by Crippen LogP contribution is 2.28. The van der Waals surface area contributed by atoms with E-state index in [-0.39, 0.29) is 23.1 Å². The molecule has 0 aliphatic carbocycles. The second kappa shape index (κ2) is 6.89. The fourth-order valence-electron chi connectivity index (χ4n) is 3.56. The van der Waals surface area contributed by atoms with Gasteiger partial charge in [0.25, 0.3) is 10.0 Å². The molecule has 1 atom stereocenters. The first-order valence-corrected chi connectivity index (χ1v) is 10.8. The van der Waals surface area contributed by atoms with Crippen LogP contribution in [0, 0.1) is 0 Å². The van der Waals surface area contributed by atoms with E-state index in [4.69, 9.17) is 0 Å². The smallest absolute Gasteiger partial charge is 0.324 e. The van der Waals surface area contributed by atoms with Crippen molar-refractivity contribution < 1.29 is 13.2 Å². The Bertz CT molecular complexity index is 981. The molecule has 4 heterocycles. The fourth-order valence-corrected chi connectivity index (χ4v) is 4.98. The highest BCUT2D eigenvalue weighted by molar-refractivity contribution is 7.89. The van der Waals surface area contributed by atoms with Gasteiger partial charge in [-0.15, -0.1) is 0 Å². The number of likely N-dealkylation sites (N-methyl/N-ethyl adjacent to an activating group) is 1. The van der Waals surface area contributed by atoms with Crippen LogP contribution in [0.3, 0.4) is 0 Å². The van der Waals surface area contributed by atoms with Crippen LogP contribution in [0.25, 0.3) is 0 Å². The van der Waals surface area contributed by atoms with Crippen molar-refractivity contribution >= 4 is 21.7 Å².